The van der Waals surface area contributed by atoms with Gasteiger partial charge in [0, 0.05) is 6.42 Å². The third kappa shape index (κ3) is 5.76. The fourth-order valence-corrected chi connectivity index (χ4v) is 2.21. The van der Waals surface area contributed by atoms with Crippen LogP contribution in [0.1, 0.15) is 11.1 Å². The quantitative estimate of drug-likeness (QED) is 0.617. The van der Waals surface area contributed by atoms with Crippen molar-refractivity contribution in [1.29, 1.82) is 0 Å². The number of hydrogen-bond acceptors (Lipinski definition) is 5. The molecule has 6 heteroatoms. The van der Waals surface area contributed by atoms with Crippen molar-refractivity contribution in [3.8, 4) is 0 Å². The highest BCUT2D eigenvalue weighted by molar-refractivity contribution is 6.36. The number of amides is 1. The topological polar surface area (TPSA) is 81.7 Å². The second-order valence-corrected chi connectivity index (χ2v) is 5.30. The Morgan fingerprint density at radius 3 is 2.04 bits per heavy atom. The molecule has 1 amide bonds. The Morgan fingerprint density at radius 1 is 0.920 bits per heavy atom. The maximum atomic E-state index is 12.1. The Kier molecular flexibility index (Phi) is 6.71. The first-order valence-electron chi connectivity index (χ1n) is 7.73. The van der Waals surface area contributed by atoms with Crippen LogP contribution in [-0.4, -0.2) is 31.0 Å². The van der Waals surface area contributed by atoms with Gasteiger partial charge in [-0.1, -0.05) is 60.7 Å². The number of ether oxygens (including phenoxy) is 2. The molecule has 0 bridgehead atoms. The predicted octanol–water partition coefficient (Wildman–Crippen LogP) is 2.27. The van der Waals surface area contributed by atoms with Gasteiger partial charge in [-0.05, 0) is 11.1 Å². The lowest BCUT2D eigenvalue weighted by molar-refractivity contribution is -0.152. The standard InChI is InChI=1S/C19H19NO5/c1-24-18(22)17(21)16(12-14-8-4-2-5-9-14)20-19(23)25-13-15-10-6-3-7-11-15/h2-11,16H,12-13H2,1H3,(H,20,23)/t16-/m0/s1. The van der Waals surface area contributed by atoms with Crippen LogP contribution in [0.2, 0.25) is 0 Å². The molecule has 0 unspecified atom stereocenters. The Hall–Kier alpha value is -3.15. The summed E-state index contributed by atoms with van der Waals surface area (Å²) >= 11 is 0. The number of carbonyl (C=O) groups excluding carboxylic acids is 3. The molecule has 0 aromatic heterocycles. The lowest BCUT2D eigenvalue weighted by Crippen LogP contribution is -2.45. The predicted molar refractivity (Wildman–Crippen MR) is 90.7 cm³/mol. The van der Waals surface area contributed by atoms with E-state index in [0.29, 0.717) is 0 Å². The molecule has 1 N–H and O–H groups in total. The van der Waals surface area contributed by atoms with Crippen molar-refractivity contribution in [1.82, 2.24) is 5.32 Å². The van der Waals surface area contributed by atoms with Crippen molar-refractivity contribution < 1.29 is 23.9 Å². The lowest BCUT2D eigenvalue weighted by Gasteiger charge is -2.16. The Morgan fingerprint density at radius 2 is 1.48 bits per heavy atom. The fraction of sp³-hybridized carbons (Fsp3) is 0.211. The molecule has 25 heavy (non-hydrogen) atoms. The molecule has 2 rings (SSSR count). The molecule has 0 aliphatic heterocycles. The average molecular weight is 341 g/mol. The largest absolute Gasteiger partial charge is 0.463 e. The van der Waals surface area contributed by atoms with Crippen LogP contribution in [0.5, 0.6) is 0 Å². The number of ketones is 1. The van der Waals surface area contributed by atoms with Crippen molar-refractivity contribution in [2.24, 2.45) is 0 Å². The highest BCUT2D eigenvalue weighted by atomic mass is 16.5. The van der Waals surface area contributed by atoms with Crippen LogP contribution in [0.3, 0.4) is 0 Å². The van der Waals surface area contributed by atoms with E-state index in [-0.39, 0.29) is 13.0 Å². The maximum absolute atomic E-state index is 12.1. The molecule has 130 valence electrons. The smallest absolute Gasteiger partial charge is 0.408 e. The zero-order chi connectivity index (χ0) is 18.1. The molecule has 0 heterocycles. The molecule has 1 atom stereocenters. The summed E-state index contributed by atoms with van der Waals surface area (Å²) in [4.78, 5) is 35.7. The van der Waals surface area contributed by atoms with E-state index in [1.54, 1.807) is 12.1 Å². The zero-order valence-corrected chi connectivity index (χ0v) is 13.8. The molecule has 0 saturated heterocycles. The van der Waals surface area contributed by atoms with E-state index in [9.17, 15) is 14.4 Å². The van der Waals surface area contributed by atoms with Gasteiger partial charge in [0.05, 0.1) is 7.11 Å². The van der Waals surface area contributed by atoms with E-state index < -0.39 is 23.9 Å². The van der Waals surface area contributed by atoms with Gasteiger partial charge >= 0.3 is 12.1 Å². The van der Waals surface area contributed by atoms with Crippen LogP contribution in [0.15, 0.2) is 60.7 Å². The first-order chi connectivity index (χ1) is 12.1. The fourth-order valence-electron chi connectivity index (χ4n) is 2.21. The van der Waals surface area contributed by atoms with E-state index in [0.717, 1.165) is 18.2 Å². The monoisotopic (exact) mass is 341 g/mol. The van der Waals surface area contributed by atoms with E-state index in [1.807, 2.05) is 48.5 Å². The summed E-state index contributed by atoms with van der Waals surface area (Å²) in [7, 11) is 1.12. The number of carbonyl (C=O) groups is 3. The van der Waals surface area contributed by atoms with Crippen molar-refractivity contribution >= 4 is 17.8 Å². The highest BCUT2D eigenvalue weighted by Crippen LogP contribution is 2.06. The third-order valence-electron chi connectivity index (χ3n) is 3.49. The molecule has 6 nitrogen and oxygen atoms in total. The van der Waals surface area contributed by atoms with Crippen molar-refractivity contribution in [3.05, 3.63) is 71.8 Å². The molecular formula is C19H19NO5. The zero-order valence-electron chi connectivity index (χ0n) is 13.8. The summed E-state index contributed by atoms with van der Waals surface area (Å²) in [5.41, 5.74) is 1.62. The molecular weight excluding hydrogens is 322 g/mol. The number of methoxy groups -OCH3 is 1. The molecule has 0 saturated carbocycles. The van der Waals surface area contributed by atoms with Gasteiger partial charge in [-0.15, -0.1) is 0 Å². The number of rotatable bonds is 7. The van der Waals surface area contributed by atoms with E-state index >= 15 is 0 Å². The van der Waals surface area contributed by atoms with Gasteiger partial charge in [-0.2, -0.15) is 0 Å². The van der Waals surface area contributed by atoms with Gasteiger partial charge in [0.2, 0.25) is 0 Å². The summed E-state index contributed by atoms with van der Waals surface area (Å²) < 4.78 is 9.57. The summed E-state index contributed by atoms with van der Waals surface area (Å²) in [6.07, 6.45) is -0.614. The summed E-state index contributed by atoms with van der Waals surface area (Å²) in [5.74, 6) is -1.84. The minimum Gasteiger partial charge on any atom is -0.463 e. The average Bonchev–Trinajstić information content (AvgIpc) is 2.66. The van der Waals surface area contributed by atoms with Crippen LogP contribution in [0.25, 0.3) is 0 Å². The van der Waals surface area contributed by atoms with Gasteiger partial charge in [-0.25, -0.2) is 9.59 Å². The van der Waals surface area contributed by atoms with E-state index in [4.69, 9.17) is 4.74 Å². The minimum atomic E-state index is -1.06. The number of alkyl carbamates (subject to hydrolysis) is 1. The second-order valence-electron chi connectivity index (χ2n) is 5.30. The number of hydrogen-bond donors (Lipinski definition) is 1. The molecule has 2 aromatic rings. The highest BCUT2D eigenvalue weighted by Gasteiger charge is 2.28. The summed E-state index contributed by atoms with van der Waals surface area (Å²) in [6.45, 7) is 0.0666. The van der Waals surface area contributed by atoms with Crippen LogP contribution >= 0.6 is 0 Å². The van der Waals surface area contributed by atoms with Crippen LogP contribution < -0.4 is 5.32 Å². The first-order valence-corrected chi connectivity index (χ1v) is 7.73. The molecule has 2 aromatic carbocycles. The van der Waals surface area contributed by atoms with Gasteiger partial charge in [-0.3, -0.25) is 4.79 Å². The SMILES string of the molecule is COC(=O)C(=O)[C@H](Cc1ccccc1)NC(=O)OCc1ccccc1. The third-order valence-corrected chi connectivity index (χ3v) is 3.49. The summed E-state index contributed by atoms with van der Waals surface area (Å²) in [6, 6.07) is 17.1. The number of esters is 1. The van der Waals surface area contributed by atoms with E-state index in [2.05, 4.69) is 10.1 Å². The Balaban J connectivity index is 2.00. The van der Waals surface area contributed by atoms with Crippen LogP contribution in [0.4, 0.5) is 4.79 Å². The lowest BCUT2D eigenvalue weighted by atomic mass is 10.0. The number of nitrogens with one attached hydrogen (secondary N) is 1. The number of Topliss-reactive ketones (excluding diaryl/α,β-unsaturated/α-hetero) is 1. The second kappa shape index (κ2) is 9.22. The molecule has 0 radical (unpaired) electrons. The number of benzene rings is 2. The van der Waals surface area contributed by atoms with Gasteiger partial charge < -0.3 is 14.8 Å². The normalized spacial score (nSPS) is 11.2. The molecule has 0 spiro atoms. The van der Waals surface area contributed by atoms with Crippen LogP contribution in [0, 0.1) is 0 Å². The summed E-state index contributed by atoms with van der Waals surface area (Å²) in [5, 5.41) is 2.44. The maximum Gasteiger partial charge on any atom is 0.408 e. The van der Waals surface area contributed by atoms with Gasteiger partial charge in [0.1, 0.15) is 12.6 Å². The molecule has 0 aliphatic rings. The Bertz CT molecular complexity index is 715. The van der Waals surface area contributed by atoms with Crippen molar-refractivity contribution in [2.45, 2.75) is 19.1 Å². The van der Waals surface area contributed by atoms with Gasteiger partial charge in [0.15, 0.2) is 0 Å². The Labute approximate surface area is 145 Å². The van der Waals surface area contributed by atoms with Crippen molar-refractivity contribution in [2.75, 3.05) is 7.11 Å². The van der Waals surface area contributed by atoms with E-state index in [1.165, 1.54) is 0 Å². The molecule has 0 fully saturated rings. The minimum absolute atomic E-state index is 0.0666. The molecule has 0 aliphatic carbocycles. The van der Waals surface area contributed by atoms with Gasteiger partial charge in [0.25, 0.3) is 5.78 Å². The first kappa shape index (κ1) is 18.2. The van der Waals surface area contributed by atoms with Crippen molar-refractivity contribution in [3.63, 3.8) is 0 Å². The van der Waals surface area contributed by atoms with Crippen LogP contribution in [-0.2, 0) is 32.1 Å².